The second-order valence-electron chi connectivity index (χ2n) is 7.83. The number of nitrogens with zero attached hydrogens (tertiary/aromatic N) is 2. The number of benzene rings is 2. The smallest absolute Gasteiger partial charge is 0.127 e. The first-order valence-electron chi connectivity index (χ1n) is 10.0. The van der Waals surface area contributed by atoms with Crippen molar-refractivity contribution in [3.05, 3.63) is 60.2 Å². The molecule has 1 saturated carbocycles. The number of para-hydroxylation sites is 1. The molecule has 0 spiro atoms. The summed E-state index contributed by atoms with van der Waals surface area (Å²) in [6, 6.07) is 19.6. The van der Waals surface area contributed by atoms with Gasteiger partial charge in [0, 0.05) is 32.2 Å². The standard InChI is InChI=1S/C23H30N2O/c1-24-15-17-25(18-16-24)21-11-7-19(8-12-21)20-9-13-23(14-10-20)26-22-5-3-2-4-6-22/h2-6,9-10,13-14,19,21H,7-8,11-12,15-18H2,1H3. The molecule has 0 amide bonds. The highest BCUT2D eigenvalue weighted by Gasteiger charge is 2.28. The lowest BCUT2D eigenvalue weighted by atomic mass is 9.81. The van der Waals surface area contributed by atoms with E-state index in [1.165, 1.54) is 57.4 Å². The summed E-state index contributed by atoms with van der Waals surface area (Å²) in [6.07, 6.45) is 5.32. The Morgan fingerprint density at radius 3 is 2.00 bits per heavy atom. The molecule has 0 unspecified atom stereocenters. The number of hydrogen-bond donors (Lipinski definition) is 0. The van der Waals surface area contributed by atoms with Crippen molar-refractivity contribution >= 4 is 0 Å². The number of rotatable bonds is 4. The van der Waals surface area contributed by atoms with Crippen LogP contribution in [0.4, 0.5) is 0 Å². The van der Waals surface area contributed by atoms with Crippen LogP contribution in [0.2, 0.25) is 0 Å². The molecule has 2 aromatic carbocycles. The van der Waals surface area contributed by atoms with E-state index < -0.39 is 0 Å². The van der Waals surface area contributed by atoms with E-state index in [1.807, 2.05) is 30.3 Å². The lowest BCUT2D eigenvalue weighted by Crippen LogP contribution is -2.49. The lowest BCUT2D eigenvalue weighted by molar-refractivity contribution is 0.0878. The molecule has 1 saturated heterocycles. The average molecular weight is 351 g/mol. The minimum atomic E-state index is 0.712. The maximum Gasteiger partial charge on any atom is 0.127 e. The highest BCUT2D eigenvalue weighted by atomic mass is 16.5. The van der Waals surface area contributed by atoms with Gasteiger partial charge in [0.25, 0.3) is 0 Å². The number of likely N-dealkylation sites (N-methyl/N-ethyl adjacent to an activating group) is 1. The molecule has 1 heterocycles. The highest BCUT2D eigenvalue weighted by Crippen LogP contribution is 2.36. The predicted molar refractivity (Wildman–Crippen MR) is 107 cm³/mol. The lowest BCUT2D eigenvalue weighted by Gasteiger charge is -2.41. The van der Waals surface area contributed by atoms with Gasteiger partial charge in [0.15, 0.2) is 0 Å². The van der Waals surface area contributed by atoms with Gasteiger partial charge in [-0.1, -0.05) is 30.3 Å². The fraction of sp³-hybridized carbons (Fsp3) is 0.478. The highest BCUT2D eigenvalue weighted by molar-refractivity contribution is 5.34. The maximum absolute atomic E-state index is 5.92. The van der Waals surface area contributed by atoms with E-state index >= 15 is 0 Å². The van der Waals surface area contributed by atoms with Crippen molar-refractivity contribution in [1.82, 2.24) is 9.80 Å². The van der Waals surface area contributed by atoms with E-state index in [4.69, 9.17) is 4.74 Å². The zero-order valence-electron chi connectivity index (χ0n) is 15.8. The number of hydrogen-bond acceptors (Lipinski definition) is 3. The van der Waals surface area contributed by atoms with Gasteiger partial charge >= 0.3 is 0 Å². The van der Waals surface area contributed by atoms with Gasteiger partial charge in [0.1, 0.15) is 11.5 Å². The summed E-state index contributed by atoms with van der Waals surface area (Å²) in [5.41, 5.74) is 1.47. The van der Waals surface area contributed by atoms with Crippen LogP contribution in [-0.2, 0) is 0 Å². The Kier molecular flexibility index (Phi) is 5.57. The summed E-state index contributed by atoms with van der Waals surface area (Å²) in [6.45, 7) is 4.94. The van der Waals surface area contributed by atoms with Crippen LogP contribution in [0.5, 0.6) is 11.5 Å². The zero-order valence-corrected chi connectivity index (χ0v) is 15.8. The largest absolute Gasteiger partial charge is 0.457 e. The van der Waals surface area contributed by atoms with Crippen molar-refractivity contribution in [2.45, 2.75) is 37.6 Å². The van der Waals surface area contributed by atoms with E-state index in [-0.39, 0.29) is 0 Å². The van der Waals surface area contributed by atoms with Crippen LogP contribution >= 0.6 is 0 Å². The SMILES string of the molecule is CN1CCN(C2CCC(c3ccc(Oc4ccccc4)cc3)CC2)CC1. The molecule has 2 aromatic rings. The van der Waals surface area contributed by atoms with Gasteiger partial charge in [-0.05, 0) is 68.5 Å². The summed E-state index contributed by atoms with van der Waals surface area (Å²) in [7, 11) is 2.24. The van der Waals surface area contributed by atoms with Gasteiger partial charge in [0.05, 0.1) is 0 Å². The van der Waals surface area contributed by atoms with Crippen LogP contribution in [0, 0.1) is 0 Å². The van der Waals surface area contributed by atoms with Crippen LogP contribution in [0.3, 0.4) is 0 Å². The molecule has 138 valence electrons. The fourth-order valence-electron chi connectivity index (χ4n) is 4.39. The first-order valence-corrected chi connectivity index (χ1v) is 10.0. The van der Waals surface area contributed by atoms with E-state index in [2.05, 4.69) is 41.1 Å². The third kappa shape index (κ3) is 4.28. The second kappa shape index (κ2) is 8.24. The van der Waals surface area contributed by atoms with Crippen LogP contribution in [-0.4, -0.2) is 49.1 Å². The third-order valence-electron chi connectivity index (χ3n) is 6.08. The summed E-state index contributed by atoms with van der Waals surface area (Å²) in [4.78, 5) is 5.17. The molecule has 0 bridgehead atoms. The van der Waals surface area contributed by atoms with Gasteiger partial charge in [0.2, 0.25) is 0 Å². The molecule has 26 heavy (non-hydrogen) atoms. The topological polar surface area (TPSA) is 15.7 Å². The van der Waals surface area contributed by atoms with Crippen molar-refractivity contribution in [3.8, 4) is 11.5 Å². The first kappa shape index (κ1) is 17.6. The van der Waals surface area contributed by atoms with Gasteiger partial charge in [-0.3, -0.25) is 4.90 Å². The van der Waals surface area contributed by atoms with E-state index in [0.29, 0.717) is 5.92 Å². The van der Waals surface area contributed by atoms with Gasteiger partial charge < -0.3 is 9.64 Å². The monoisotopic (exact) mass is 350 g/mol. The second-order valence-corrected chi connectivity index (χ2v) is 7.83. The van der Waals surface area contributed by atoms with E-state index in [9.17, 15) is 0 Å². The third-order valence-corrected chi connectivity index (χ3v) is 6.08. The molecule has 0 N–H and O–H groups in total. The normalized spacial score (nSPS) is 25.1. The van der Waals surface area contributed by atoms with Gasteiger partial charge in [-0.2, -0.15) is 0 Å². The summed E-state index contributed by atoms with van der Waals surface area (Å²) in [5, 5.41) is 0. The molecule has 2 fully saturated rings. The van der Waals surface area contributed by atoms with Gasteiger partial charge in [-0.15, -0.1) is 0 Å². The minimum absolute atomic E-state index is 0.712. The number of piperazine rings is 1. The zero-order chi connectivity index (χ0) is 17.8. The number of ether oxygens (including phenoxy) is 1. The molecule has 3 nitrogen and oxygen atoms in total. The van der Waals surface area contributed by atoms with Crippen molar-refractivity contribution in [1.29, 1.82) is 0 Å². The first-order chi connectivity index (χ1) is 12.8. The molecular formula is C23H30N2O. The van der Waals surface area contributed by atoms with Crippen LogP contribution < -0.4 is 4.74 Å². The molecular weight excluding hydrogens is 320 g/mol. The van der Waals surface area contributed by atoms with E-state index in [0.717, 1.165) is 17.5 Å². The Balaban J connectivity index is 1.30. The van der Waals surface area contributed by atoms with E-state index in [1.54, 1.807) is 0 Å². The molecule has 2 aliphatic rings. The predicted octanol–water partition coefficient (Wildman–Crippen LogP) is 4.75. The molecule has 1 aliphatic carbocycles. The molecule has 1 aliphatic heterocycles. The van der Waals surface area contributed by atoms with Crippen molar-refractivity contribution < 1.29 is 4.74 Å². The minimum Gasteiger partial charge on any atom is -0.457 e. The van der Waals surface area contributed by atoms with Crippen molar-refractivity contribution in [2.24, 2.45) is 0 Å². The van der Waals surface area contributed by atoms with Crippen LogP contribution in [0.15, 0.2) is 54.6 Å². The Morgan fingerprint density at radius 2 is 1.35 bits per heavy atom. The Bertz CT molecular complexity index is 669. The summed E-state index contributed by atoms with van der Waals surface area (Å²) in [5.74, 6) is 2.53. The Morgan fingerprint density at radius 1 is 0.731 bits per heavy atom. The van der Waals surface area contributed by atoms with Gasteiger partial charge in [-0.25, -0.2) is 0 Å². The Hall–Kier alpha value is -1.84. The molecule has 0 radical (unpaired) electrons. The fourth-order valence-corrected chi connectivity index (χ4v) is 4.39. The quantitative estimate of drug-likeness (QED) is 0.791. The maximum atomic E-state index is 5.92. The van der Waals surface area contributed by atoms with Crippen LogP contribution in [0.25, 0.3) is 0 Å². The molecule has 0 aromatic heterocycles. The molecule has 0 atom stereocenters. The van der Waals surface area contributed by atoms with Crippen molar-refractivity contribution in [3.63, 3.8) is 0 Å². The summed E-state index contributed by atoms with van der Waals surface area (Å²) < 4.78 is 5.92. The molecule has 3 heteroatoms. The molecule has 4 rings (SSSR count). The average Bonchev–Trinajstić information content (AvgIpc) is 2.70. The van der Waals surface area contributed by atoms with Crippen molar-refractivity contribution in [2.75, 3.05) is 33.2 Å². The summed E-state index contributed by atoms with van der Waals surface area (Å²) >= 11 is 0. The van der Waals surface area contributed by atoms with Crippen LogP contribution in [0.1, 0.15) is 37.2 Å². The Labute approximate surface area is 157 Å².